The highest BCUT2D eigenvalue weighted by Crippen LogP contribution is 2.46. The maximum Gasteiger partial charge on any atom is 0.515 e. The third kappa shape index (κ3) is 5.88. The van der Waals surface area contributed by atoms with Crippen LogP contribution >= 0.6 is 0 Å². The van der Waals surface area contributed by atoms with Crippen molar-refractivity contribution in [3.8, 4) is 11.5 Å². The van der Waals surface area contributed by atoms with Crippen LogP contribution in [0.4, 0.5) is 10.5 Å². The maximum absolute atomic E-state index is 14.2. The molecule has 12 heteroatoms. The number of ether oxygens (including phenoxy) is 4. The van der Waals surface area contributed by atoms with E-state index in [4.69, 9.17) is 18.9 Å². The fraction of sp³-hybridized carbons (Fsp3) is 0.368. The Hall–Kier alpha value is -5.52. The highest BCUT2D eigenvalue weighted by Gasteiger charge is 2.51. The van der Waals surface area contributed by atoms with Crippen LogP contribution in [0.1, 0.15) is 94.7 Å². The molecule has 6 rings (SSSR count). The van der Waals surface area contributed by atoms with E-state index in [1.165, 1.54) is 24.3 Å². The zero-order valence-electron chi connectivity index (χ0n) is 28.8. The first-order chi connectivity index (χ1) is 23.7. The molecular formula is C38H38N2O10. The van der Waals surface area contributed by atoms with Gasteiger partial charge in [-0.3, -0.25) is 19.7 Å². The third-order valence-corrected chi connectivity index (χ3v) is 9.53. The number of nitro benzene ring substituents is 1. The van der Waals surface area contributed by atoms with Gasteiger partial charge in [0.25, 0.3) is 11.2 Å². The van der Waals surface area contributed by atoms with Gasteiger partial charge in [0.2, 0.25) is 5.60 Å². The van der Waals surface area contributed by atoms with E-state index in [2.05, 4.69) is 13.0 Å². The number of fused-ring (bicyclic) bond motifs is 5. The van der Waals surface area contributed by atoms with E-state index in [1.54, 1.807) is 38.3 Å². The van der Waals surface area contributed by atoms with Crippen LogP contribution in [-0.4, -0.2) is 27.6 Å². The maximum atomic E-state index is 14.2. The lowest BCUT2D eigenvalue weighted by atomic mass is 9.81. The molecule has 0 bridgehead atoms. The first kappa shape index (κ1) is 34.3. The molecule has 0 amide bonds. The number of nitrogens with zero attached hydrogens (tertiary/aromatic N) is 2. The van der Waals surface area contributed by atoms with Gasteiger partial charge in [0, 0.05) is 17.7 Å². The molecular weight excluding hydrogens is 644 g/mol. The monoisotopic (exact) mass is 682 g/mol. The van der Waals surface area contributed by atoms with Gasteiger partial charge in [0.05, 0.1) is 28.1 Å². The number of allylic oxidation sites excluding steroid dienone is 4. The van der Waals surface area contributed by atoms with Crippen molar-refractivity contribution in [3.05, 3.63) is 109 Å². The largest absolute Gasteiger partial charge is 0.515 e. The molecule has 3 heterocycles. The second-order valence-electron chi connectivity index (χ2n) is 13.7. The Morgan fingerprint density at radius 1 is 1.04 bits per heavy atom. The lowest BCUT2D eigenvalue weighted by molar-refractivity contribution is -0.384. The Balaban J connectivity index is 1.42. The molecule has 0 N–H and O–H groups in total. The summed E-state index contributed by atoms with van der Waals surface area (Å²) in [5.41, 5.74) is 2.61. The van der Waals surface area contributed by atoms with Gasteiger partial charge in [0.15, 0.2) is 0 Å². The number of benzene rings is 2. The summed E-state index contributed by atoms with van der Waals surface area (Å²) in [6, 6.07) is 12.3. The Labute approximate surface area is 288 Å². The van der Waals surface area contributed by atoms with E-state index in [0.29, 0.717) is 24.3 Å². The van der Waals surface area contributed by atoms with Crippen LogP contribution in [0.5, 0.6) is 11.5 Å². The standard InChI is InChI=1S/C38H38N2O10/c1-7-25-28-17-24(48-34(42)37(4,5)6)14-16-26(28)21(3)9-15-27-29(25)19-39-32(27)18-31-30(33(39)41)20-47-35(43)38(31,8-2)50-36(44)49-23-12-10-22(11-13-23)40(45)46/h10-18,21H,7-9,19-20H2,1-6H3/b27-15-,29-25-. The predicted octanol–water partition coefficient (Wildman–Crippen LogP) is 7.35. The van der Waals surface area contributed by atoms with Crippen LogP contribution in [0, 0.1) is 15.5 Å². The molecule has 0 saturated heterocycles. The van der Waals surface area contributed by atoms with E-state index in [0.717, 1.165) is 27.8 Å². The van der Waals surface area contributed by atoms with Crippen LogP contribution in [0.25, 0.3) is 11.1 Å². The number of carbonyl (C=O) groups excluding carboxylic acids is 3. The summed E-state index contributed by atoms with van der Waals surface area (Å²) in [4.78, 5) is 64.0. The summed E-state index contributed by atoms with van der Waals surface area (Å²) in [6.07, 6.45) is 2.09. The molecule has 2 aromatic carbocycles. The fourth-order valence-corrected chi connectivity index (χ4v) is 6.75. The number of aromatic nitrogens is 1. The molecule has 0 saturated carbocycles. The number of cyclic esters (lactones) is 1. The number of hydrogen-bond donors (Lipinski definition) is 0. The van der Waals surface area contributed by atoms with Gasteiger partial charge in [-0.25, -0.2) is 9.59 Å². The summed E-state index contributed by atoms with van der Waals surface area (Å²) in [7, 11) is 0. The summed E-state index contributed by atoms with van der Waals surface area (Å²) in [5, 5.41) is 11.0. The fourth-order valence-electron chi connectivity index (χ4n) is 6.75. The Kier molecular flexibility index (Phi) is 8.75. The molecule has 12 nitrogen and oxygen atoms in total. The zero-order chi connectivity index (χ0) is 36.1. The van der Waals surface area contributed by atoms with E-state index in [1.807, 2.05) is 25.1 Å². The molecule has 0 radical (unpaired) electrons. The molecule has 0 fully saturated rings. The zero-order valence-corrected chi connectivity index (χ0v) is 28.8. The van der Waals surface area contributed by atoms with Crippen molar-refractivity contribution < 1.29 is 38.3 Å². The second kappa shape index (κ2) is 12.7. The lowest BCUT2D eigenvalue weighted by Gasteiger charge is -2.35. The molecule has 1 aliphatic carbocycles. The van der Waals surface area contributed by atoms with E-state index in [-0.39, 0.29) is 59.6 Å². The van der Waals surface area contributed by atoms with Crippen molar-refractivity contribution in [3.63, 3.8) is 0 Å². The van der Waals surface area contributed by atoms with Crippen molar-refractivity contribution in [2.45, 2.75) is 85.5 Å². The van der Waals surface area contributed by atoms with Crippen LogP contribution in [0.15, 0.2) is 65.0 Å². The molecule has 1 aromatic heterocycles. The highest BCUT2D eigenvalue weighted by atomic mass is 16.7. The smallest absolute Gasteiger partial charge is 0.457 e. The third-order valence-electron chi connectivity index (χ3n) is 9.53. The summed E-state index contributed by atoms with van der Waals surface area (Å²) in [6.45, 7) is 11.2. The van der Waals surface area contributed by atoms with Crippen molar-refractivity contribution in [2.24, 2.45) is 5.41 Å². The first-order valence-electron chi connectivity index (χ1n) is 16.6. The topological polar surface area (TPSA) is 153 Å². The molecule has 3 aromatic rings. The first-order valence-corrected chi connectivity index (χ1v) is 16.6. The van der Waals surface area contributed by atoms with Crippen molar-refractivity contribution >= 4 is 34.9 Å². The summed E-state index contributed by atoms with van der Waals surface area (Å²) in [5.74, 6) is -0.681. The minimum atomic E-state index is -1.98. The molecule has 2 unspecified atom stereocenters. The highest BCUT2D eigenvalue weighted by molar-refractivity contribution is 5.93. The number of nitro groups is 1. The van der Waals surface area contributed by atoms with Gasteiger partial charge in [-0.05, 0) is 104 Å². The predicted molar refractivity (Wildman–Crippen MR) is 182 cm³/mol. The normalized spacial score (nSPS) is 21.9. The molecule has 0 spiro atoms. The minimum Gasteiger partial charge on any atom is -0.457 e. The second-order valence-corrected chi connectivity index (χ2v) is 13.7. The molecule has 50 heavy (non-hydrogen) atoms. The van der Waals surface area contributed by atoms with Gasteiger partial charge in [-0.1, -0.05) is 32.9 Å². The van der Waals surface area contributed by atoms with E-state index >= 15 is 0 Å². The molecule has 2 atom stereocenters. The number of esters is 2. The van der Waals surface area contributed by atoms with Gasteiger partial charge < -0.3 is 23.5 Å². The van der Waals surface area contributed by atoms with Gasteiger partial charge in [-0.2, -0.15) is 0 Å². The SMILES string of the molecule is CC/C1=C2\Cn3c(cc4c(c3=O)COC(=O)C4(CC)OC(=O)Oc3ccc([N+](=O)[O-])cc3)\C2=C/CC(C)c2ccc(OC(=O)C(C)(C)C)cc21. The quantitative estimate of drug-likeness (QED) is 0.0847. The molecule has 3 aliphatic rings. The summed E-state index contributed by atoms with van der Waals surface area (Å²) < 4.78 is 23.9. The summed E-state index contributed by atoms with van der Waals surface area (Å²) >= 11 is 0. The van der Waals surface area contributed by atoms with E-state index in [9.17, 15) is 29.3 Å². The Bertz CT molecular complexity index is 2070. The van der Waals surface area contributed by atoms with Crippen LogP contribution < -0.4 is 15.0 Å². The van der Waals surface area contributed by atoms with Crippen LogP contribution in [0.3, 0.4) is 0 Å². The minimum absolute atomic E-state index is 0.0300. The van der Waals surface area contributed by atoms with Gasteiger partial charge in [0.1, 0.15) is 18.1 Å². The number of non-ortho nitro benzene ring substituents is 1. The van der Waals surface area contributed by atoms with Crippen molar-refractivity contribution in [1.82, 2.24) is 4.57 Å². The van der Waals surface area contributed by atoms with Crippen molar-refractivity contribution in [1.29, 1.82) is 0 Å². The lowest BCUT2D eigenvalue weighted by Crippen LogP contribution is -2.48. The van der Waals surface area contributed by atoms with E-state index < -0.39 is 28.1 Å². The van der Waals surface area contributed by atoms with Gasteiger partial charge in [-0.15, -0.1) is 0 Å². The number of carbonyl (C=O) groups is 3. The number of pyridine rings is 1. The Morgan fingerprint density at radius 2 is 1.74 bits per heavy atom. The average Bonchev–Trinajstić information content (AvgIpc) is 3.42. The number of hydrogen-bond acceptors (Lipinski definition) is 10. The van der Waals surface area contributed by atoms with Crippen molar-refractivity contribution in [2.75, 3.05) is 0 Å². The average molecular weight is 683 g/mol. The van der Waals surface area contributed by atoms with Crippen LogP contribution in [0.2, 0.25) is 0 Å². The Morgan fingerprint density at radius 3 is 2.38 bits per heavy atom. The molecule has 260 valence electrons. The molecule has 2 aliphatic heterocycles. The number of rotatable bonds is 6. The van der Waals surface area contributed by atoms with Gasteiger partial charge >= 0.3 is 18.1 Å². The van der Waals surface area contributed by atoms with Crippen LogP contribution in [-0.2, 0) is 37.8 Å².